The van der Waals surface area contributed by atoms with E-state index in [1.807, 2.05) is 12.1 Å². The summed E-state index contributed by atoms with van der Waals surface area (Å²) in [7, 11) is 0. The van der Waals surface area contributed by atoms with Gasteiger partial charge in [-0.1, -0.05) is 41.0 Å². The summed E-state index contributed by atoms with van der Waals surface area (Å²) in [5.41, 5.74) is -0.401. The van der Waals surface area contributed by atoms with Crippen molar-refractivity contribution >= 4 is 35.0 Å². The predicted molar refractivity (Wildman–Crippen MR) is 108 cm³/mol. The van der Waals surface area contributed by atoms with Crippen LogP contribution < -0.4 is 0 Å². The maximum Gasteiger partial charge on any atom is 0.416 e. The Hall–Kier alpha value is -2.99. The minimum atomic E-state index is -4.59. The SMILES string of the molecule is C=CCn1c(SCc2cnn(-c3c(Cl)cc(C(F)(F)F)cc3Cl)n2)nc(C#N)c1C#N. The van der Waals surface area contributed by atoms with Crippen LogP contribution in [-0.4, -0.2) is 24.5 Å². The number of alkyl halides is 3. The number of halogens is 5. The number of benzene rings is 1. The summed E-state index contributed by atoms with van der Waals surface area (Å²) >= 11 is 13.2. The lowest BCUT2D eigenvalue weighted by Gasteiger charge is -2.11. The fourth-order valence-electron chi connectivity index (χ4n) is 2.56. The molecule has 0 saturated carbocycles. The van der Waals surface area contributed by atoms with E-state index in [1.165, 1.54) is 18.0 Å². The molecule has 0 saturated heterocycles. The highest BCUT2D eigenvalue weighted by Crippen LogP contribution is 2.37. The van der Waals surface area contributed by atoms with Crippen molar-refractivity contribution in [3.63, 3.8) is 0 Å². The quantitative estimate of drug-likeness (QED) is 0.361. The number of rotatable bonds is 6. The molecule has 0 unspecified atom stereocenters. The Bertz CT molecular complexity index is 1210. The molecule has 1 aromatic carbocycles. The van der Waals surface area contributed by atoms with Crippen LogP contribution in [0.25, 0.3) is 5.69 Å². The molecule has 0 N–H and O–H groups in total. The molecule has 0 aliphatic carbocycles. The number of aromatic nitrogens is 5. The first-order valence-corrected chi connectivity index (χ1v) is 10.1. The lowest BCUT2D eigenvalue weighted by Crippen LogP contribution is -2.08. The average molecular weight is 484 g/mol. The third-order valence-electron chi connectivity index (χ3n) is 3.89. The highest BCUT2D eigenvalue weighted by atomic mass is 35.5. The largest absolute Gasteiger partial charge is 0.416 e. The minimum absolute atomic E-state index is 0.00109. The van der Waals surface area contributed by atoms with E-state index in [0.29, 0.717) is 10.9 Å². The summed E-state index contributed by atoms with van der Waals surface area (Å²) in [5.74, 6) is 0.250. The van der Waals surface area contributed by atoms with Crippen molar-refractivity contribution in [2.75, 3.05) is 0 Å². The van der Waals surface area contributed by atoms with Crippen LogP contribution in [0.3, 0.4) is 0 Å². The van der Waals surface area contributed by atoms with Gasteiger partial charge in [0.05, 0.1) is 27.5 Å². The molecule has 7 nitrogen and oxygen atoms in total. The summed E-state index contributed by atoms with van der Waals surface area (Å²) in [5, 5.41) is 26.6. The van der Waals surface area contributed by atoms with E-state index < -0.39 is 11.7 Å². The third-order valence-corrected chi connectivity index (χ3v) is 5.47. The lowest BCUT2D eigenvalue weighted by atomic mass is 10.2. The normalized spacial score (nSPS) is 11.2. The van der Waals surface area contributed by atoms with Crippen LogP contribution in [0.5, 0.6) is 0 Å². The van der Waals surface area contributed by atoms with Crippen LogP contribution in [0.15, 0.2) is 36.1 Å². The van der Waals surface area contributed by atoms with Gasteiger partial charge < -0.3 is 4.57 Å². The zero-order valence-electron chi connectivity index (χ0n) is 15.4. The van der Waals surface area contributed by atoms with Crippen molar-refractivity contribution in [1.29, 1.82) is 10.5 Å². The zero-order chi connectivity index (χ0) is 22.8. The molecule has 0 fully saturated rings. The van der Waals surface area contributed by atoms with Crippen LogP contribution in [-0.2, 0) is 18.5 Å². The first kappa shape index (κ1) is 22.7. The van der Waals surface area contributed by atoms with Crippen LogP contribution in [0.2, 0.25) is 10.0 Å². The van der Waals surface area contributed by atoms with Gasteiger partial charge in [-0.25, -0.2) is 4.98 Å². The Labute approximate surface area is 188 Å². The van der Waals surface area contributed by atoms with Crippen LogP contribution in [0, 0.1) is 22.7 Å². The Morgan fingerprint density at radius 1 is 1.19 bits per heavy atom. The van der Waals surface area contributed by atoms with Gasteiger partial charge in [-0.05, 0) is 12.1 Å². The molecule has 2 heterocycles. The van der Waals surface area contributed by atoms with Gasteiger partial charge in [0.25, 0.3) is 0 Å². The Morgan fingerprint density at radius 2 is 1.87 bits per heavy atom. The summed E-state index contributed by atoms with van der Waals surface area (Å²) < 4.78 is 40.3. The molecular weight excluding hydrogens is 474 g/mol. The molecule has 13 heteroatoms. The molecule has 158 valence electrons. The molecule has 31 heavy (non-hydrogen) atoms. The minimum Gasteiger partial charge on any atom is -0.306 e. The lowest BCUT2D eigenvalue weighted by molar-refractivity contribution is -0.137. The van der Waals surface area contributed by atoms with E-state index in [9.17, 15) is 18.4 Å². The molecule has 3 aromatic rings. The van der Waals surface area contributed by atoms with Crippen molar-refractivity contribution in [3.05, 3.63) is 63.7 Å². The van der Waals surface area contributed by atoms with Gasteiger partial charge in [-0.3, -0.25) is 0 Å². The summed E-state index contributed by atoms with van der Waals surface area (Å²) in [6.07, 6.45) is -1.63. The predicted octanol–water partition coefficient (Wildman–Crippen LogP) is 5.01. The molecule has 3 rings (SSSR count). The number of nitrogens with zero attached hydrogens (tertiary/aromatic N) is 7. The number of allylic oxidation sites excluding steroid dienone is 1. The standard InChI is InChI=1S/C18H10Cl2F3N7S/c1-2-3-29-15(7-25)14(6-24)27-17(29)31-9-11-8-26-30(28-11)16-12(19)4-10(5-13(16)20)18(21,22)23/h2,4-5,8H,1,3,9H2. The van der Waals surface area contributed by atoms with Gasteiger partial charge in [-0.2, -0.15) is 33.9 Å². The zero-order valence-corrected chi connectivity index (χ0v) is 17.7. The molecule has 0 spiro atoms. The molecule has 0 atom stereocenters. The average Bonchev–Trinajstić information content (AvgIpc) is 3.29. The molecular formula is C18H10Cl2F3N7S. The van der Waals surface area contributed by atoms with E-state index in [4.69, 9.17) is 28.5 Å². The fourth-order valence-corrected chi connectivity index (χ4v) is 4.08. The molecule has 0 radical (unpaired) electrons. The van der Waals surface area contributed by atoms with Crippen LogP contribution in [0.4, 0.5) is 13.2 Å². The Kier molecular flexibility index (Phi) is 6.60. The van der Waals surface area contributed by atoms with Gasteiger partial charge in [0.15, 0.2) is 16.5 Å². The van der Waals surface area contributed by atoms with Crippen LogP contribution >= 0.6 is 35.0 Å². The summed E-state index contributed by atoms with van der Waals surface area (Å²) in [6, 6.07) is 5.32. The highest BCUT2D eigenvalue weighted by Gasteiger charge is 2.32. The second-order valence-corrected chi connectivity index (χ2v) is 7.67. The van der Waals surface area contributed by atoms with Gasteiger partial charge in [-0.15, -0.1) is 11.4 Å². The monoisotopic (exact) mass is 483 g/mol. The van der Waals surface area contributed by atoms with Crippen molar-refractivity contribution in [1.82, 2.24) is 24.5 Å². The van der Waals surface area contributed by atoms with E-state index in [0.717, 1.165) is 16.9 Å². The fraction of sp³-hybridized carbons (Fsp3) is 0.167. The Balaban J connectivity index is 1.86. The van der Waals surface area contributed by atoms with Gasteiger partial charge >= 0.3 is 6.18 Å². The number of nitriles is 2. The smallest absolute Gasteiger partial charge is 0.306 e. The first-order chi connectivity index (χ1) is 14.7. The molecule has 2 aromatic heterocycles. The third kappa shape index (κ3) is 4.69. The van der Waals surface area contributed by atoms with Gasteiger partial charge in [0.2, 0.25) is 0 Å². The number of hydrogen-bond acceptors (Lipinski definition) is 6. The molecule has 0 aliphatic rings. The van der Waals surface area contributed by atoms with Crippen molar-refractivity contribution < 1.29 is 13.2 Å². The van der Waals surface area contributed by atoms with Crippen molar-refractivity contribution in [2.24, 2.45) is 0 Å². The second-order valence-electron chi connectivity index (χ2n) is 5.91. The van der Waals surface area contributed by atoms with Gasteiger partial charge in [0, 0.05) is 12.3 Å². The maximum atomic E-state index is 12.9. The number of hydrogen-bond donors (Lipinski definition) is 0. The maximum absolute atomic E-state index is 12.9. The Morgan fingerprint density at radius 3 is 2.42 bits per heavy atom. The van der Waals surface area contributed by atoms with E-state index in [1.54, 1.807) is 10.6 Å². The van der Waals surface area contributed by atoms with Crippen molar-refractivity contribution in [3.8, 4) is 17.8 Å². The molecule has 0 amide bonds. The van der Waals surface area contributed by atoms with Gasteiger partial charge in [0.1, 0.15) is 17.8 Å². The topological polar surface area (TPSA) is 96.1 Å². The molecule has 0 bridgehead atoms. The molecule has 0 aliphatic heterocycles. The van der Waals surface area contributed by atoms with Crippen molar-refractivity contribution in [2.45, 2.75) is 23.6 Å². The van der Waals surface area contributed by atoms with E-state index in [-0.39, 0.29) is 39.4 Å². The summed E-state index contributed by atoms with van der Waals surface area (Å²) in [4.78, 5) is 5.19. The second kappa shape index (κ2) is 9.02. The number of thioether (sulfide) groups is 1. The van der Waals surface area contributed by atoms with Crippen LogP contribution in [0.1, 0.15) is 22.6 Å². The van der Waals surface area contributed by atoms with E-state index >= 15 is 0 Å². The highest BCUT2D eigenvalue weighted by molar-refractivity contribution is 7.98. The first-order valence-electron chi connectivity index (χ1n) is 8.31. The summed E-state index contributed by atoms with van der Waals surface area (Å²) in [6.45, 7) is 3.91. The van der Waals surface area contributed by atoms with E-state index in [2.05, 4.69) is 21.8 Å². The number of imidazole rings is 1.